The smallest absolute Gasteiger partial charge is 0.280 e. The van der Waals surface area contributed by atoms with Gasteiger partial charge in [0.05, 0.1) is 5.69 Å². The SMILES string of the molecule is CCN1C(=O)C(C)(C(=O)NCCC(C)C)Oc2ccccc21. The first-order valence-electron chi connectivity index (χ1n) is 7.78. The van der Waals surface area contributed by atoms with E-state index in [0.29, 0.717) is 30.4 Å². The van der Waals surface area contributed by atoms with Crippen LogP contribution in [0.1, 0.15) is 34.1 Å². The summed E-state index contributed by atoms with van der Waals surface area (Å²) in [7, 11) is 0. The van der Waals surface area contributed by atoms with Crippen molar-refractivity contribution in [2.24, 2.45) is 5.92 Å². The molecule has 0 aromatic heterocycles. The lowest BCUT2D eigenvalue weighted by atomic mass is 9.99. The number of hydrogen-bond acceptors (Lipinski definition) is 3. The Balaban J connectivity index is 2.23. The summed E-state index contributed by atoms with van der Waals surface area (Å²) in [5, 5.41) is 2.82. The number of benzene rings is 1. The number of nitrogens with zero attached hydrogens (tertiary/aromatic N) is 1. The maximum absolute atomic E-state index is 12.7. The quantitative estimate of drug-likeness (QED) is 0.850. The third-order valence-corrected chi connectivity index (χ3v) is 3.88. The third kappa shape index (κ3) is 2.93. The molecule has 5 nitrogen and oxygen atoms in total. The van der Waals surface area contributed by atoms with Crippen molar-refractivity contribution in [3.63, 3.8) is 0 Å². The highest BCUT2D eigenvalue weighted by Gasteiger charge is 2.50. The number of amides is 2. The Labute approximate surface area is 131 Å². The molecule has 1 aliphatic rings. The summed E-state index contributed by atoms with van der Waals surface area (Å²) in [4.78, 5) is 26.8. The zero-order valence-electron chi connectivity index (χ0n) is 13.7. The summed E-state index contributed by atoms with van der Waals surface area (Å²) in [6.07, 6.45) is 0.865. The minimum atomic E-state index is -1.51. The van der Waals surface area contributed by atoms with Crippen molar-refractivity contribution in [3.05, 3.63) is 24.3 Å². The van der Waals surface area contributed by atoms with Crippen LogP contribution in [0.4, 0.5) is 5.69 Å². The van der Waals surface area contributed by atoms with Crippen LogP contribution in [0.5, 0.6) is 5.75 Å². The van der Waals surface area contributed by atoms with Gasteiger partial charge < -0.3 is 15.0 Å². The van der Waals surface area contributed by atoms with Gasteiger partial charge in [-0.1, -0.05) is 26.0 Å². The van der Waals surface area contributed by atoms with Crippen molar-refractivity contribution in [1.29, 1.82) is 0 Å². The van der Waals surface area contributed by atoms with Crippen LogP contribution in [0.15, 0.2) is 24.3 Å². The Morgan fingerprint density at radius 1 is 1.36 bits per heavy atom. The van der Waals surface area contributed by atoms with Gasteiger partial charge in [0.15, 0.2) is 0 Å². The molecule has 5 heteroatoms. The summed E-state index contributed by atoms with van der Waals surface area (Å²) >= 11 is 0. The molecule has 2 rings (SSSR count). The van der Waals surface area contributed by atoms with E-state index in [-0.39, 0.29) is 11.8 Å². The zero-order valence-corrected chi connectivity index (χ0v) is 13.7. The highest BCUT2D eigenvalue weighted by molar-refractivity contribution is 6.16. The van der Waals surface area contributed by atoms with E-state index in [2.05, 4.69) is 19.2 Å². The molecule has 1 atom stereocenters. The second-order valence-corrected chi connectivity index (χ2v) is 6.09. The number of para-hydroxylation sites is 2. The molecule has 0 saturated heterocycles. The number of rotatable bonds is 5. The van der Waals surface area contributed by atoms with Crippen LogP contribution in [-0.2, 0) is 9.59 Å². The number of ether oxygens (including phenoxy) is 1. The molecule has 1 unspecified atom stereocenters. The van der Waals surface area contributed by atoms with Crippen molar-refractivity contribution >= 4 is 17.5 Å². The largest absolute Gasteiger partial charge is 0.466 e. The van der Waals surface area contributed by atoms with Gasteiger partial charge in [0.1, 0.15) is 5.75 Å². The molecule has 0 spiro atoms. The number of nitrogens with one attached hydrogen (secondary N) is 1. The molecule has 22 heavy (non-hydrogen) atoms. The van der Waals surface area contributed by atoms with Gasteiger partial charge in [-0.05, 0) is 38.3 Å². The van der Waals surface area contributed by atoms with Crippen LogP contribution >= 0.6 is 0 Å². The molecule has 1 heterocycles. The fourth-order valence-electron chi connectivity index (χ4n) is 2.50. The van der Waals surface area contributed by atoms with E-state index >= 15 is 0 Å². The Morgan fingerprint density at radius 2 is 2.05 bits per heavy atom. The summed E-state index contributed by atoms with van der Waals surface area (Å²) in [6.45, 7) is 8.64. The summed E-state index contributed by atoms with van der Waals surface area (Å²) < 4.78 is 5.78. The van der Waals surface area contributed by atoms with Gasteiger partial charge in [0.2, 0.25) is 0 Å². The minimum absolute atomic E-state index is 0.323. The molecular formula is C17H24N2O3. The van der Waals surface area contributed by atoms with Crippen LogP contribution in [-0.4, -0.2) is 30.5 Å². The molecule has 1 aliphatic heterocycles. The van der Waals surface area contributed by atoms with Crippen LogP contribution in [0.25, 0.3) is 0 Å². The number of anilines is 1. The summed E-state index contributed by atoms with van der Waals surface area (Å²) in [5.74, 6) is 0.344. The predicted molar refractivity (Wildman–Crippen MR) is 86.0 cm³/mol. The number of fused-ring (bicyclic) bond motifs is 1. The van der Waals surface area contributed by atoms with E-state index in [1.54, 1.807) is 17.9 Å². The lowest BCUT2D eigenvalue weighted by Crippen LogP contribution is -2.62. The lowest BCUT2D eigenvalue weighted by Gasteiger charge is -2.39. The van der Waals surface area contributed by atoms with Gasteiger partial charge >= 0.3 is 0 Å². The normalized spacial score (nSPS) is 20.6. The summed E-state index contributed by atoms with van der Waals surface area (Å²) in [5.41, 5.74) is -0.802. The molecule has 2 amide bonds. The second-order valence-electron chi connectivity index (χ2n) is 6.09. The van der Waals surface area contributed by atoms with Gasteiger partial charge in [-0.15, -0.1) is 0 Å². The second kappa shape index (κ2) is 6.38. The molecule has 0 fully saturated rings. The van der Waals surface area contributed by atoms with E-state index in [4.69, 9.17) is 4.74 Å². The topological polar surface area (TPSA) is 58.6 Å². The molecule has 1 aromatic carbocycles. The molecule has 120 valence electrons. The maximum Gasteiger partial charge on any atom is 0.280 e. The van der Waals surface area contributed by atoms with Crippen LogP contribution in [0.2, 0.25) is 0 Å². The zero-order chi connectivity index (χ0) is 16.3. The molecule has 0 aliphatic carbocycles. The van der Waals surface area contributed by atoms with E-state index < -0.39 is 5.60 Å². The molecule has 0 bridgehead atoms. The number of carbonyl (C=O) groups excluding carboxylic acids is 2. The van der Waals surface area contributed by atoms with Gasteiger partial charge in [-0.2, -0.15) is 0 Å². The average molecular weight is 304 g/mol. The molecular weight excluding hydrogens is 280 g/mol. The number of likely N-dealkylation sites (N-methyl/N-ethyl adjacent to an activating group) is 1. The maximum atomic E-state index is 12.7. The first kappa shape index (κ1) is 16.3. The van der Waals surface area contributed by atoms with Gasteiger partial charge in [-0.25, -0.2) is 0 Å². The number of carbonyl (C=O) groups is 2. The minimum Gasteiger partial charge on any atom is -0.466 e. The van der Waals surface area contributed by atoms with Crippen LogP contribution < -0.4 is 15.0 Å². The van der Waals surface area contributed by atoms with E-state index in [0.717, 1.165) is 6.42 Å². The van der Waals surface area contributed by atoms with Crippen molar-refractivity contribution in [2.75, 3.05) is 18.0 Å². The van der Waals surface area contributed by atoms with Gasteiger partial charge in [0.25, 0.3) is 17.4 Å². The molecule has 0 saturated carbocycles. The predicted octanol–water partition coefficient (Wildman–Crippen LogP) is 2.35. The first-order chi connectivity index (χ1) is 10.4. The first-order valence-corrected chi connectivity index (χ1v) is 7.78. The van der Waals surface area contributed by atoms with Crippen LogP contribution in [0, 0.1) is 5.92 Å². The van der Waals surface area contributed by atoms with Crippen molar-refractivity contribution in [3.8, 4) is 5.75 Å². The average Bonchev–Trinajstić information content (AvgIpc) is 2.48. The Hall–Kier alpha value is -2.04. The van der Waals surface area contributed by atoms with E-state index in [9.17, 15) is 9.59 Å². The van der Waals surface area contributed by atoms with Gasteiger partial charge in [0, 0.05) is 13.1 Å². The molecule has 1 aromatic rings. The van der Waals surface area contributed by atoms with Crippen molar-refractivity contribution in [1.82, 2.24) is 5.32 Å². The fraction of sp³-hybridized carbons (Fsp3) is 0.529. The van der Waals surface area contributed by atoms with Crippen molar-refractivity contribution in [2.45, 2.75) is 39.7 Å². The van der Waals surface area contributed by atoms with Gasteiger partial charge in [-0.3, -0.25) is 9.59 Å². The molecule has 1 N–H and O–H groups in total. The Bertz CT molecular complexity index is 571. The number of hydrogen-bond donors (Lipinski definition) is 1. The standard InChI is InChI=1S/C17H24N2O3/c1-5-19-13-8-6-7-9-14(13)22-17(4,16(19)21)15(20)18-11-10-12(2)3/h6-9,12H,5,10-11H2,1-4H3,(H,18,20). The monoisotopic (exact) mass is 304 g/mol. The third-order valence-electron chi connectivity index (χ3n) is 3.88. The van der Waals surface area contributed by atoms with Crippen LogP contribution in [0.3, 0.4) is 0 Å². The highest BCUT2D eigenvalue weighted by Crippen LogP contribution is 2.37. The summed E-state index contributed by atoms with van der Waals surface area (Å²) in [6, 6.07) is 7.29. The Kier molecular flexibility index (Phi) is 4.74. The lowest BCUT2D eigenvalue weighted by molar-refractivity contribution is -0.148. The molecule has 0 radical (unpaired) electrons. The van der Waals surface area contributed by atoms with E-state index in [1.165, 1.54) is 0 Å². The highest BCUT2D eigenvalue weighted by atomic mass is 16.5. The van der Waals surface area contributed by atoms with E-state index in [1.807, 2.05) is 25.1 Å². The Morgan fingerprint density at radius 3 is 2.68 bits per heavy atom. The van der Waals surface area contributed by atoms with Crippen molar-refractivity contribution < 1.29 is 14.3 Å². The fourth-order valence-corrected chi connectivity index (χ4v) is 2.50.